The van der Waals surface area contributed by atoms with E-state index in [0.29, 0.717) is 0 Å². The van der Waals surface area contributed by atoms with Gasteiger partial charge in [-0.2, -0.15) is 0 Å². The summed E-state index contributed by atoms with van der Waals surface area (Å²) in [6.45, 7) is -0.499. The van der Waals surface area contributed by atoms with Crippen molar-refractivity contribution in [1.29, 1.82) is 0 Å². The van der Waals surface area contributed by atoms with E-state index < -0.39 is 6.10 Å². The molecule has 4 nitrogen and oxygen atoms in total. The van der Waals surface area contributed by atoms with Crippen LogP contribution in [0.4, 0.5) is 0 Å². The van der Waals surface area contributed by atoms with E-state index in [1.807, 2.05) is 0 Å². The molecule has 0 aliphatic rings. The van der Waals surface area contributed by atoms with Gasteiger partial charge in [0, 0.05) is 5.75 Å². The average molecular weight is 202 g/mol. The van der Waals surface area contributed by atoms with Gasteiger partial charge in [0.05, 0.1) is 19.8 Å². The van der Waals surface area contributed by atoms with Crippen LogP contribution in [0.5, 0.6) is 0 Å². The molecule has 0 saturated carbocycles. The van der Waals surface area contributed by atoms with Crippen molar-refractivity contribution >= 4 is 22.5 Å². The molecule has 0 aromatic rings. The molecule has 0 radical (unpaired) electrons. The SMILES string of the molecule is OCC(O)CO.OCCSS. The first-order chi connectivity index (χ1) is 5.22. The monoisotopic (exact) mass is 202 g/mol. The summed E-state index contributed by atoms with van der Waals surface area (Å²) in [5.74, 6) is 0.725. The molecular formula is C5H14O4S2. The van der Waals surface area contributed by atoms with Crippen LogP contribution in [0.3, 0.4) is 0 Å². The van der Waals surface area contributed by atoms with E-state index in [0.717, 1.165) is 5.75 Å². The number of hydrogen-bond donors (Lipinski definition) is 5. The topological polar surface area (TPSA) is 80.9 Å². The van der Waals surface area contributed by atoms with E-state index >= 15 is 0 Å². The third kappa shape index (κ3) is 18.0. The molecule has 0 aliphatic carbocycles. The first kappa shape index (κ1) is 14.1. The van der Waals surface area contributed by atoms with Gasteiger partial charge in [0.2, 0.25) is 0 Å². The molecule has 0 fully saturated rings. The summed E-state index contributed by atoms with van der Waals surface area (Å²) in [5.41, 5.74) is 0. The summed E-state index contributed by atoms with van der Waals surface area (Å²) < 4.78 is 0. The number of hydrogen-bond acceptors (Lipinski definition) is 6. The van der Waals surface area contributed by atoms with Crippen LogP contribution in [0, 0.1) is 0 Å². The fourth-order valence-electron chi connectivity index (χ4n) is 0.0986. The zero-order valence-corrected chi connectivity index (χ0v) is 7.76. The van der Waals surface area contributed by atoms with Crippen molar-refractivity contribution in [3.8, 4) is 0 Å². The Balaban J connectivity index is 0. The largest absolute Gasteiger partial charge is 0.395 e. The van der Waals surface area contributed by atoms with Gasteiger partial charge < -0.3 is 20.4 Å². The van der Waals surface area contributed by atoms with Crippen LogP contribution in [0.15, 0.2) is 0 Å². The van der Waals surface area contributed by atoms with Gasteiger partial charge in [0.25, 0.3) is 0 Å². The highest BCUT2D eigenvalue weighted by molar-refractivity contribution is 8.68. The van der Waals surface area contributed by atoms with E-state index in [1.54, 1.807) is 0 Å². The highest BCUT2D eigenvalue weighted by atomic mass is 33.1. The molecule has 0 atom stereocenters. The maximum absolute atomic E-state index is 8.17. The molecule has 0 rings (SSSR count). The summed E-state index contributed by atoms with van der Waals surface area (Å²) in [7, 11) is 1.35. The number of thiol groups is 1. The lowest BCUT2D eigenvalue weighted by atomic mass is 10.4. The van der Waals surface area contributed by atoms with E-state index in [4.69, 9.17) is 20.4 Å². The standard InChI is InChI=1S/C3H8O3.C2H6OS2/c4-1-3(6)2-5;3-1-2-5-4/h3-6H,1-2H2;3-4H,1-2H2. The maximum atomic E-state index is 8.17. The summed E-state index contributed by atoms with van der Waals surface area (Å²) in [6, 6.07) is 0. The minimum atomic E-state index is -0.954. The van der Waals surface area contributed by atoms with Crippen LogP contribution in [0.1, 0.15) is 0 Å². The fourth-order valence-corrected chi connectivity index (χ4v) is 0.425. The highest BCUT2D eigenvalue weighted by Gasteiger charge is 1.93. The van der Waals surface area contributed by atoms with Gasteiger partial charge in [0.1, 0.15) is 6.10 Å². The Morgan fingerprint density at radius 2 is 1.64 bits per heavy atom. The molecule has 0 aromatic heterocycles. The van der Waals surface area contributed by atoms with E-state index in [9.17, 15) is 0 Å². The van der Waals surface area contributed by atoms with Crippen LogP contribution < -0.4 is 0 Å². The van der Waals surface area contributed by atoms with Gasteiger partial charge in [-0.1, -0.05) is 10.8 Å². The molecule has 11 heavy (non-hydrogen) atoms. The maximum Gasteiger partial charge on any atom is 0.100 e. The number of aliphatic hydroxyl groups excluding tert-OH is 4. The second-order valence-electron chi connectivity index (χ2n) is 1.58. The van der Waals surface area contributed by atoms with Gasteiger partial charge in [-0.05, 0) is 0 Å². The predicted molar refractivity (Wildman–Crippen MR) is 48.7 cm³/mol. The zero-order chi connectivity index (χ0) is 9.11. The zero-order valence-electron chi connectivity index (χ0n) is 6.05. The second kappa shape index (κ2) is 13.2. The molecule has 0 heterocycles. The molecule has 0 amide bonds. The van der Waals surface area contributed by atoms with Crippen LogP contribution in [-0.4, -0.2) is 52.1 Å². The van der Waals surface area contributed by atoms with Crippen molar-refractivity contribution in [2.45, 2.75) is 6.10 Å². The van der Waals surface area contributed by atoms with Crippen molar-refractivity contribution in [2.24, 2.45) is 0 Å². The predicted octanol–water partition coefficient (Wildman–Crippen LogP) is -1.11. The van der Waals surface area contributed by atoms with Gasteiger partial charge in [-0.3, -0.25) is 0 Å². The second-order valence-corrected chi connectivity index (χ2v) is 3.02. The van der Waals surface area contributed by atoms with Crippen molar-refractivity contribution in [1.82, 2.24) is 0 Å². The van der Waals surface area contributed by atoms with Gasteiger partial charge in [-0.25, -0.2) is 0 Å². The lowest BCUT2D eigenvalue weighted by Gasteiger charge is -1.96. The summed E-state index contributed by atoms with van der Waals surface area (Å²) in [5, 5.41) is 32.0. The van der Waals surface area contributed by atoms with E-state index in [2.05, 4.69) is 11.7 Å². The molecule has 6 heteroatoms. The van der Waals surface area contributed by atoms with Crippen molar-refractivity contribution in [3.63, 3.8) is 0 Å². The molecule has 0 aromatic carbocycles. The average Bonchev–Trinajstić information content (AvgIpc) is 2.06. The molecule has 70 valence electrons. The first-order valence-electron chi connectivity index (χ1n) is 2.99. The Labute approximate surface area is 75.1 Å². The van der Waals surface area contributed by atoms with Gasteiger partial charge in [0.15, 0.2) is 0 Å². The van der Waals surface area contributed by atoms with Gasteiger partial charge >= 0.3 is 0 Å². The molecular weight excluding hydrogens is 188 g/mol. The normalized spacial score (nSPS) is 9.27. The third-order valence-corrected chi connectivity index (χ3v) is 1.52. The number of aliphatic hydroxyl groups is 4. The smallest absolute Gasteiger partial charge is 0.100 e. The molecule has 0 saturated heterocycles. The lowest BCUT2D eigenvalue weighted by Crippen LogP contribution is -2.15. The quantitative estimate of drug-likeness (QED) is 0.295. The summed E-state index contributed by atoms with van der Waals surface area (Å²) in [4.78, 5) is 0. The summed E-state index contributed by atoms with van der Waals surface area (Å²) >= 11 is 3.76. The molecule has 4 N–H and O–H groups in total. The lowest BCUT2D eigenvalue weighted by molar-refractivity contribution is 0.0450. The Hall–Kier alpha value is 0.540. The van der Waals surface area contributed by atoms with Crippen LogP contribution in [-0.2, 0) is 0 Å². The van der Waals surface area contributed by atoms with E-state index in [-0.39, 0.29) is 19.8 Å². The Bertz CT molecular complexity index is 58.4. The van der Waals surface area contributed by atoms with Crippen molar-refractivity contribution < 1.29 is 20.4 Å². The first-order valence-corrected chi connectivity index (χ1v) is 5.03. The Kier molecular flexibility index (Phi) is 16.8. The highest BCUT2D eigenvalue weighted by Crippen LogP contribution is 2.00. The van der Waals surface area contributed by atoms with Crippen LogP contribution in [0.25, 0.3) is 0 Å². The minimum absolute atomic E-state index is 0.230. The Morgan fingerprint density at radius 3 is 1.64 bits per heavy atom. The third-order valence-electron chi connectivity index (χ3n) is 0.604. The Morgan fingerprint density at radius 1 is 1.18 bits per heavy atom. The molecule has 0 unspecified atom stereocenters. The number of rotatable bonds is 4. The van der Waals surface area contributed by atoms with Crippen LogP contribution >= 0.6 is 22.5 Å². The summed E-state index contributed by atoms with van der Waals surface area (Å²) in [6.07, 6.45) is -0.954. The fraction of sp³-hybridized carbons (Fsp3) is 1.00. The van der Waals surface area contributed by atoms with Crippen molar-refractivity contribution in [2.75, 3.05) is 25.6 Å². The van der Waals surface area contributed by atoms with Gasteiger partial charge in [-0.15, -0.1) is 11.7 Å². The molecule has 0 bridgehead atoms. The molecule has 0 spiro atoms. The van der Waals surface area contributed by atoms with Crippen molar-refractivity contribution in [3.05, 3.63) is 0 Å². The molecule has 0 aliphatic heterocycles. The van der Waals surface area contributed by atoms with Crippen LogP contribution in [0.2, 0.25) is 0 Å². The minimum Gasteiger partial charge on any atom is -0.395 e. The van der Waals surface area contributed by atoms with E-state index in [1.165, 1.54) is 10.8 Å².